The van der Waals surface area contributed by atoms with E-state index in [0.717, 1.165) is 32.7 Å². The third kappa shape index (κ3) is 4.50. The fraction of sp³-hybridized carbons (Fsp3) is 0. The van der Waals surface area contributed by atoms with E-state index >= 15 is 0 Å². The average Bonchev–Trinajstić information content (AvgIpc) is 3.37. The van der Waals surface area contributed by atoms with Crippen LogP contribution in [-0.2, 0) is 0 Å². The van der Waals surface area contributed by atoms with E-state index in [4.69, 9.17) is 11.6 Å². The molecule has 7 rings (SSSR count). The van der Waals surface area contributed by atoms with Crippen LogP contribution in [0.2, 0.25) is 5.02 Å². The Morgan fingerprint density at radius 2 is 1.27 bits per heavy atom. The van der Waals surface area contributed by atoms with Gasteiger partial charge >= 0.3 is 0 Å². The molecular formula is C36H23BrClNS. The van der Waals surface area contributed by atoms with Crippen molar-refractivity contribution in [3.63, 3.8) is 0 Å². The van der Waals surface area contributed by atoms with Crippen LogP contribution < -0.4 is 4.90 Å². The fourth-order valence-electron chi connectivity index (χ4n) is 5.41. The zero-order chi connectivity index (χ0) is 27.1. The quantitative estimate of drug-likeness (QED) is 0.186. The van der Waals surface area contributed by atoms with E-state index in [1.165, 1.54) is 31.3 Å². The van der Waals surface area contributed by atoms with E-state index in [2.05, 4.69) is 142 Å². The van der Waals surface area contributed by atoms with Crippen LogP contribution in [0, 0.1) is 0 Å². The lowest BCUT2D eigenvalue weighted by molar-refractivity contribution is 1.29. The predicted octanol–water partition coefficient (Wildman–Crippen LogP) is 12.3. The van der Waals surface area contributed by atoms with Crippen LogP contribution in [0.4, 0.5) is 17.1 Å². The Labute approximate surface area is 251 Å². The number of para-hydroxylation sites is 1. The first-order valence-electron chi connectivity index (χ1n) is 13.1. The van der Waals surface area contributed by atoms with Crippen molar-refractivity contribution in [3.05, 3.63) is 149 Å². The summed E-state index contributed by atoms with van der Waals surface area (Å²) in [6.45, 7) is 0. The fourth-order valence-corrected chi connectivity index (χ4v) is 7.40. The number of hydrogen-bond acceptors (Lipinski definition) is 2. The van der Waals surface area contributed by atoms with Crippen LogP contribution in [0.3, 0.4) is 0 Å². The Kier molecular flexibility index (Phi) is 6.65. The molecule has 0 bridgehead atoms. The number of rotatable bonds is 5. The van der Waals surface area contributed by atoms with Gasteiger partial charge in [-0.3, -0.25) is 0 Å². The van der Waals surface area contributed by atoms with Crippen molar-refractivity contribution >= 4 is 76.1 Å². The molecule has 7 aromatic rings. The van der Waals surface area contributed by atoms with E-state index in [0.29, 0.717) is 5.02 Å². The predicted molar refractivity (Wildman–Crippen MR) is 178 cm³/mol. The van der Waals surface area contributed by atoms with Gasteiger partial charge in [-0.2, -0.15) is 0 Å². The van der Waals surface area contributed by atoms with E-state index in [9.17, 15) is 0 Å². The van der Waals surface area contributed by atoms with Crippen LogP contribution in [0.1, 0.15) is 0 Å². The van der Waals surface area contributed by atoms with E-state index in [-0.39, 0.29) is 0 Å². The smallest absolute Gasteiger partial charge is 0.0551 e. The van der Waals surface area contributed by atoms with Crippen molar-refractivity contribution in [2.45, 2.75) is 0 Å². The van der Waals surface area contributed by atoms with Gasteiger partial charge in [-0.05, 0) is 65.7 Å². The highest BCUT2D eigenvalue weighted by molar-refractivity contribution is 9.10. The van der Waals surface area contributed by atoms with Crippen molar-refractivity contribution in [1.82, 2.24) is 0 Å². The van der Waals surface area contributed by atoms with Gasteiger partial charge in [0, 0.05) is 52.2 Å². The molecule has 0 aliphatic rings. The highest BCUT2D eigenvalue weighted by Crippen LogP contribution is 2.48. The maximum atomic E-state index is 6.48. The minimum Gasteiger partial charge on any atom is -0.310 e. The maximum Gasteiger partial charge on any atom is 0.0551 e. The topological polar surface area (TPSA) is 3.24 Å². The standard InChI is InChI=1S/C36H23BrClNS/c37-32-18-10-19-33(35(32)25-13-9-14-26(38)21-25)39(27-15-5-2-6-16-27)28-22-30(24-11-3-1-4-12-24)36-31(23-28)29-17-7-8-20-34(29)40-36/h1-23H. The maximum absolute atomic E-state index is 6.48. The third-order valence-corrected chi connectivity index (χ3v) is 9.28. The molecule has 1 nitrogen and oxygen atoms in total. The third-order valence-electron chi connectivity index (χ3n) is 7.17. The lowest BCUT2D eigenvalue weighted by Gasteiger charge is -2.29. The van der Waals surface area contributed by atoms with Crippen molar-refractivity contribution in [3.8, 4) is 22.3 Å². The number of anilines is 3. The molecular weight excluding hydrogens is 594 g/mol. The second kappa shape index (κ2) is 10.6. The molecule has 0 saturated heterocycles. The summed E-state index contributed by atoms with van der Waals surface area (Å²) < 4.78 is 3.60. The van der Waals surface area contributed by atoms with Gasteiger partial charge in [0.25, 0.3) is 0 Å². The Morgan fingerprint density at radius 1 is 0.575 bits per heavy atom. The molecule has 0 atom stereocenters. The first-order chi connectivity index (χ1) is 19.7. The van der Waals surface area contributed by atoms with E-state index in [1.807, 2.05) is 29.5 Å². The average molecular weight is 617 g/mol. The van der Waals surface area contributed by atoms with Crippen LogP contribution in [0.5, 0.6) is 0 Å². The highest BCUT2D eigenvalue weighted by Gasteiger charge is 2.22. The van der Waals surface area contributed by atoms with E-state index in [1.54, 1.807) is 0 Å². The molecule has 1 aromatic heterocycles. The van der Waals surface area contributed by atoms with Gasteiger partial charge in [0.2, 0.25) is 0 Å². The highest BCUT2D eigenvalue weighted by atomic mass is 79.9. The summed E-state index contributed by atoms with van der Waals surface area (Å²) in [5.41, 5.74) is 7.84. The molecule has 4 heteroatoms. The van der Waals surface area contributed by atoms with Gasteiger partial charge in [-0.15, -0.1) is 11.3 Å². The van der Waals surface area contributed by atoms with Crippen molar-refractivity contribution in [2.75, 3.05) is 4.90 Å². The lowest BCUT2D eigenvalue weighted by Crippen LogP contribution is -2.11. The van der Waals surface area contributed by atoms with Crippen molar-refractivity contribution in [2.24, 2.45) is 0 Å². The second-order valence-electron chi connectivity index (χ2n) is 9.65. The summed E-state index contributed by atoms with van der Waals surface area (Å²) in [6, 6.07) is 49.1. The monoisotopic (exact) mass is 615 g/mol. The number of hydrogen-bond donors (Lipinski definition) is 0. The molecule has 0 aliphatic heterocycles. The summed E-state index contributed by atoms with van der Waals surface area (Å²) in [4.78, 5) is 2.36. The number of thiophene rings is 1. The van der Waals surface area contributed by atoms with Crippen LogP contribution in [0.15, 0.2) is 144 Å². The largest absolute Gasteiger partial charge is 0.310 e. The number of nitrogens with zero attached hydrogens (tertiary/aromatic N) is 1. The minimum absolute atomic E-state index is 0.711. The van der Waals surface area contributed by atoms with E-state index < -0.39 is 0 Å². The zero-order valence-electron chi connectivity index (χ0n) is 21.4. The summed E-state index contributed by atoms with van der Waals surface area (Å²) in [5.74, 6) is 0. The molecule has 0 unspecified atom stereocenters. The summed E-state index contributed by atoms with van der Waals surface area (Å²) in [7, 11) is 0. The molecule has 0 fully saturated rings. The Hall–Kier alpha value is -3.89. The molecule has 1 heterocycles. The number of benzene rings is 6. The number of fused-ring (bicyclic) bond motifs is 3. The molecule has 0 radical (unpaired) electrons. The second-order valence-corrected chi connectivity index (χ2v) is 12.0. The van der Waals surface area contributed by atoms with Crippen LogP contribution in [-0.4, -0.2) is 0 Å². The summed E-state index contributed by atoms with van der Waals surface area (Å²) in [6.07, 6.45) is 0. The van der Waals surface area contributed by atoms with Gasteiger partial charge in [-0.1, -0.05) is 112 Å². The zero-order valence-corrected chi connectivity index (χ0v) is 24.5. The van der Waals surface area contributed by atoms with Gasteiger partial charge in [-0.25, -0.2) is 0 Å². The molecule has 0 N–H and O–H groups in total. The van der Waals surface area contributed by atoms with Gasteiger partial charge < -0.3 is 4.90 Å². The van der Waals surface area contributed by atoms with Crippen molar-refractivity contribution in [1.29, 1.82) is 0 Å². The van der Waals surface area contributed by atoms with Gasteiger partial charge in [0.05, 0.1) is 5.69 Å². The summed E-state index contributed by atoms with van der Waals surface area (Å²) in [5, 5.41) is 3.25. The Bertz CT molecular complexity index is 1980. The molecule has 40 heavy (non-hydrogen) atoms. The first kappa shape index (κ1) is 25.1. The SMILES string of the molecule is Clc1cccc(-c2c(Br)cccc2N(c2ccccc2)c2cc(-c3ccccc3)c3sc4ccccc4c3c2)c1. The molecule has 0 aliphatic carbocycles. The molecule has 0 amide bonds. The molecule has 6 aromatic carbocycles. The molecule has 0 spiro atoms. The van der Waals surface area contributed by atoms with Crippen LogP contribution >= 0.6 is 38.9 Å². The van der Waals surface area contributed by atoms with Crippen LogP contribution in [0.25, 0.3) is 42.4 Å². The molecule has 0 saturated carbocycles. The van der Waals surface area contributed by atoms with Crippen molar-refractivity contribution < 1.29 is 0 Å². The van der Waals surface area contributed by atoms with Gasteiger partial charge in [0.15, 0.2) is 0 Å². The lowest BCUT2D eigenvalue weighted by atomic mass is 9.99. The Morgan fingerprint density at radius 3 is 2.08 bits per heavy atom. The minimum atomic E-state index is 0.711. The Balaban J connectivity index is 1.57. The normalized spacial score (nSPS) is 11.2. The molecule has 192 valence electrons. The first-order valence-corrected chi connectivity index (χ1v) is 15.1. The van der Waals surface area contributed by atoms with Gasteiger partial charge in [0.1, 0.15) is 0 Å². The summed E-state index contributed by atoms with van der Waals surface area (Å²) >= 11 is 12.2. The number of halogens is 2.